The zero-order valence-electron chi connectivity index (χ0n) is 14.1. The van der Waals surface area contributed by atoms with Gasteiger partial charge in [-0.2, -0.15) is 0 Å². The Hall–Kier alpha value is -2.28. The average molecular weight is 335 g/mol. The number of anilines is 1. The molecule has 0 heterocycles. The van der Waals surface area contributed by atoms with Gasteiger partial charge in [-0.3, -0.25) is 9.69 Å². The highest BCUT2D eigenvalue weighted by Crippen LogP contribution is 2.25. The molecule has 0 saturated heterocycles. The topological polar surface area (TPSA) is 90.9 Å². The SMILES string of the molecule is CCOc1cccc(NC(=O)NC2CC(N(CC)CC(=O)O)C2)c1. The molecule has 7 nitrogen and oxygen atoms in total. The van der Waals surface area contributed by atoms with Crippen LogP contribution in [0.15, 0.2) is 24.3 Å². The van der Waals surface area contributed by atoms with Gasteiger partial charge in [0.1, 0.15) is 5.75 Å². The second kappa shape index (κ2) is 8.54. The van der Waals surface area contributed by atoms with Gasteiger partial charge in [0, 0.05) is 23.8 Å². The first kappa shape index (κ1) is 18.1. The second-order valence-corrected chi connectivity index (χ2v) is 5.84. The minimum atomic E-state index is -0.819. The number of amides is 2. The molecular formula is C17H25N3O4. The Bertz CT molecular complexity index is 573. The van der Waals surface area contributed by atoms with Crippen molar-refractivity contribution in [2.75, 3.05) is 25.0 Å². The van der Waals surface area contributed by atoms with E-state index < -0.39 is 5.97 Å². The number of aliphatic carboxylic acids is 1. The van der Waals surface area contributed by atoms with Crippen molar-refractivity contribution in [2.24, 2.45) is 0 Å². The molecular weight excluding hydrogens is 310 g/mol. The van der Waals surface area contributed by atoms with E-state index in [4.69, 9.17) is 9.84 Å². The molecule has 0 aromatic heterocycles. The number of likely N-dealkylation sites (N-methyl/N-ethyl adjacent to an activating group) is 1. The smallest absolute Gasteiger partial charge is 0.319 e. The molecule has 0 spiro atoms. The largest absolute Gasteiger partial charge is 0.494 e. The summed E-state index contributed by atoms with van der Waals surface area (Å²) >= 11 is 0. The summed E-state index contributed by atoms with van der Waals surface area (Å²) in [4.78, 5) is 24.8. The van der Waals surface area contributed by atoms with E-state index in [1.54, 1.807) is 12.1 Å². The van der Waals surface area contributed by atoms with Gasteiger partial charge in [0.25, 0.3) is 0 Å². The summed E-state index contributed by atoms with van der Waals surface area (Å²) in [7, 11) is 0. The van der Waals surface area contributed by atoms with E-state index in [0.717, 1.165) is 12.8 Å². The summed E-state index contributed by atoms with van der Waals surface area (Å²) in [6.07, 6.45) is 1.54. The first-order chi connectivity index (χ1) is 11.5. The molecule has 132 valence electrons. The van der Waals surface area contributed by atoms with Crippen molar-refractivity contribution in [1.29, 1.82) is 0 Å². The molecule has 2 rings (SSSR count). The number of ether oxygens (including phenoxy) is 1. The van der Waals surface area contributed by atoms with Crippen molar-refractivity contribution in [2.45, 2.75) is 38.8 Å². The Kier molecular flexibility index (Phi) is 6.43. The van der Waals surface area contributed by atoms with Crippen LogP contribution in [-0.4, -0.2) is 53.8 Å². The number of carbonyl (C=O) groups excluding carboxylic acids is 1. The van der Waals surface area contributed by atoms with Crippen LogP contribution in [0.4, 0.5) is 10.5 Å². The van der Waals surface area contributed by atoms with E-state index in [-0.39, 0.29) is 24.7 Å². The van der Waals surface area contributed by atoms with E-state index in [0.29, 0.717) is 24.6 Å². The van der Waals surface area contributed by atoms with E-state index in [2.05, 4.69) is 10.6 Å². The van der Waals surface area contributed by atoms with Crippen molar-refractivity contribution in [3.63, 3.8) is 0 Å². The monoisotopic (exact) mass is 335 g/mol. The predicted molar refractivity (Wildman–Crippen MR) is 91.5 cm³/mol. The molecule has 0 aliphatic heterocycles. The van der Waals surface area contributed by atoms with E-state index >= 15 is 0 Å². The zero-order chi connectivity index (χ0) is 17.5. The maximum Gasteiger partial charge on any atom is 0.319 e. The number of nitrogens with zero attached hydrogens (tertiary/aromatic N) is 1. The molecule has 1 aliphatic carbocycles. The quantitative estimate of drug-likeness (QED) is 0.677. The highest BCUT2D eigenvalue weighted by Gasteiger charge is 2.34. The highest BCUT2D eigenvalue weighted by molar-refractivity contribution is 5.89. The van der Waals surface area contributed by atoms with Gasteiger partial charge >= 0.3 is 12.0 Å². The van der Waals surface area contributed by atoms with Crippen LogP contribution in [0.3, 0.4) is 0 Å². The van der Waals surface area contributed by atoms with Gasteiger partial charge in [-0.25, -0.2) is 4.79 Å². The molecule has 0 radical (unpaired) electrons. The van der Waals surface area contributed by atoms with Gasteiger partial charge in [0.2, 0.25) is 0 Å². The summed E-state index contributed by atoms with van der Waals surface area (Å²) in [5.74, 6) is -0.105. The lowest BCUT2D eigenvalue weighted by Gasteiger charge is -2.42. The molecule has 0 atom stereocenters. The lowest BCUT2D eigenvalue weighted by Crippen LogP contribution is -2.55. The Labute approximate surface area is 142 Å². The average Bonchev–Trinajstić information content (AvgIpc) is 2.49. The van der Waals surface area contributed by atoms with Crippen LogP contribution in [0.1, 0.15) is 26.7 Å². The van der Waals surface area contributed by atoms with Gasteiger partial charge < -0.3 is 20.5 Å². The lowest BCUT2D eigenvalue weighted by atomic mass is 9.85. The summed E-state index contributed by atoms with van der Waals surface area (Å²) in [5.41, 5.74) is 0.676. The third kappa shape index (κ3) is 5.13. The second-order valence-electron chi connectivity index (χ2n) is 5.84. The van der Waals surface area contributed by atoms with Crippen LogP contribution in [0.25, 0.3) is 0 Å². The van der Waals surface area contributed by atoms with Crippen molar-refractivity contribution in [3.05, 3.63) is 24.3 Å². The number of carboxylic acids is 1. The van der Waals surface area contributed by atoms with Crippen LogP contribution >= 0.6 is 0 Å². The Morgan fingerprint density at radius 3 is 2.71 bits per heavy atom. The fourth-order valence-corrected chi connectivity index (χ4v) is 2.86. The van der Waals surface area contributed by atoms with Gasteiger partial charge in [0.15, 0.2) is 0 Å². The molecule has 24 heavy (non-hydrogen) atoms. The maximum absolute atomic E-state index is 12.0. The fraction of sp³-hybridized carbons (Fsp3) is 0.529. The van der Waals surface area contributed by atoms with E-state index in [9.17, 15) is 9.59 Å². The number of rotatable bonds is 8. The normalized spacial score (nSPS) is 19.5. The van der Waals surface area contributed by atoms with Gasteiger partial charge in [-0.05, 0) is 38.4 Å². The molecule has 1 saturated carbocycles. The van der Waals surface area contributed by atoms with Gasteiger partial charge in [0.05, 0.1) is 13.2 Å². The standard InChI is InChI=1S/C17H25N3O4/c1-3-20(11-16(21)22)14-8-13(9-14)19-17(23)18-12-6-5-7-15(10-12)24-4-2/h5-7,10,13-14H,3-4,8-9,11H2,1-2H3,(H,21,22)(H2,18,19,23). The van der Waals surface area contributed by atoms with Crippen molar-refractivity contribution >= 4 is 17.7 Å². The van der Waals surface area contributed by atoms with Gasteiger partial charge in [-0.15, -0.1) is 0 Å². The van der Waals surface area contributed by atoms with Crippen LogP contribution in [-0.2, 0) is 4.79 Å². The third-order valence-electron chi connectivity index (χ3n) is 4.11. The first-order valence-electron chi connectivity index (χ1n) is 8.28. The Morgan fingerprint density at radius 2 is 2.08 bits per heavy atom. The minimum absolute atomic E-state index is 0.0459. The molecule has 1 aromatic carbocycles. The highest BCUT2D eigenvalue weighted by atomic mass is 16.5. The summed E-state index contributed by atoms with van der Waals surface area (Å²) in [5, 5.41) is 14.6. The van der Waals surface area contributed by atoms with Crippen LogP contribution < -0.4 is 15.4 Å². The van der Waals surface area contributed by atoms with Crippen LogP contribution in [0.2, 0.25) is 0 Å². The summed E-state index contributed by atoms with van der Waals surface area (Å²) in [6.45, 7) is 5.17. The molecule has 0 unspecified atom stereocenters. The van der Waals surface area contributed by atoms with Crippen LogP contribution in [0.5, 0.6) is 5.75 Å². The third-order valence-corrected chi connectivity index (χ3v) is 4.11. The summed E-state index contributed by atoms with van der Waals surface area (Å²) < 4.78 is 5.40. The number of carbonyl (C=O) groups is 2. The molecule has 3 N–H and O–H groups in total. The molecule has 2 amide bonds. The number of hydrogen-bond acceptors (Lipinski definition) is 4. The first-order valence-corrected chi connectivity index (χ1v) is 8.28. The molecule has 1 aromatic rings. The maximum atomic E-state index is 12.0. The zero-order valence-corrected chi connectivity index (χ0v) is 14.1. The predicted octanol–water partition coefficient (Wildman–Crippen LogP) is 2.14. The van der Waals surface area contributed by atoms with E-state index in [1.165, 1.54) is 0 Å². The minimum Gasteiger partial charge on any atom is -0.494 e. The number of nitrogens with one attached hydrogen (secondary N) is 2. The Morgan fingerprint density at radius 1 is 1.33 bits per heavy atom. The number of urea groups is 1. The van der Waals surface area contributed by atoms with Crippen molar-refractivity contribution < 1.29 is 19.4 Å². The molecule has 7 heteroatoms. The number of benzene rings is 1. The number of hydrogen-bond donors (Lipinski definition) is 3. The van der Waals surface area contributed by atoms with Crippen molar-refractivity contribution in [1.82, 2.24) is 10.2 Å². The van der Waals surface area contributed by atoms with E-state index in [1.807, 2.05) is 30.9 Å². The fourth-order valence-electron chi connectivity index (χ4n) is 2.86. The summed E-state index contributed by atoms with van der Waals surface area (Å²) in [6, 6.07) is 7.28. The molecule has 1 fully saturated rings. The molecule has 0 bridgehead atoms. The molecule has 1 aliphatic rings. The van der Waals surface area contributed by atoms with Crippen LogP contribution in [0, 0.1) is 0 Å². The lowest BCUT2D eigenvalue weighted by molar-refractivity contribution is -0.139. The van der Waals surface area contributed by atoms with Gasteiger partial charge in [-0.1, -0.05) is 13.0 Å². The van der Waals surface area contributed by atoms with Crippen molar-refractivity contribution in [3.8, 4) is 5.75 Å². The number of carboxylic acid groups (broad SMARTS) is 1. The Balaban J connectivity index is 1.76.